The lowest BCUT2D eigenvalue weighted by molar-refractivity contribution is 0.240. The van der Waals surface area contributed by atoms with Crippen molar-refractivity contribution in [2.45, 2.75) is 52.7 Å². The van der Waals surface area contributed by atoms with E-state index in [0.717, 1.165) is 11.3 Å². The normalized spacial score (nSPS) is 12.0. The first-order valence-electron chi connectivity index (χ1n) is 7.12. The fraction of sp³-hybridized carbons (Fsp3) is 0.500. The number of hydrogen-bond donors (Lipinski definition) is 1. The summed E-state index contributed by atoms with van der Waals surface area (Å²) in [7, 11) is 0. The molecule has 2 aromatic rings. The Labute approximate surface area is 125 Å². The highest BCUT2D eigenvalue weighted by atomic mass is 16.5. The van der Waals surface area contributed by atoms with Crippen LogP contribution in [0.2, 0.25) is 0 Å². The van der Waals surface area contributed by atoms with Crippen molar-refractivity contribution in [3.05, 3.63) is 41.0 Å². The van der Waals surface area contributed by atoms with Gasteiger partial charge in [-0.15, -0.1) is 0 Å². The van der Waals surface area contributed by atoms with Crippen molar-refractivity contribution >= 4 is 0 Å². The first-order chi connectivity index (χ1) is 9.77. The Bertz CT molecular complexity index is 612. The molecule has 0 saturated carbocycles. The molecule has 0 amide bonds. The zero-order chi connectivity index (χ0) is 15.6. The summed E-state index contributed by atoms with van der Waals surface area (Å²) in [6.45, 7) is 10.2. The first-order valence-corrected chi connectivity index (χ1v) is 7.12. The SMILES string of the molecule is Cc1ccc(C(C)C)cc1OCc1nc(C(C)(C)N)no1. The summed E-state index contributed by atoms with van der Waals surface area (Å²) in [5.74, 6) is 2.21. The molecule has 0 saturated heterocycles. The monoisotopic (exact) mass is 289 g/mol. The third kappa shape index (κ3) is 3.82. The predicted octanol–water partition coefficient (Wildman–Crippen LogP) is 3.27. The highest BCUT2D eigenvalue weighted by Gasteiger charge is 2.21. The summed E-state index contributed by atoms with van der Waals surface area (Å²) in [5.41, 5.74) is 7.64. The number of hydrogen-bond acceptors (Lipinski definition) is 5. The Hall–Kier alpha value is -1.88. The molecule has 0 aliphatic heterocycles. The third-order valence-corrected chi connectivity index (χ3v) is 3.27. The maximum absolute atomic E-state index is 5.93. The number of aryl methyl sites for hydroxylation is 1. The van der Waals surface area contributed by atoms with Crippen molar-refractivity contribution in [1.82, 2.24) is 10.1 Å². The minimum atomic E-state index is -0.616. The molecule has 1 aromatic heterocycles. The standard InChI is InChI=1S/C16H23N3O2/c1-10(2)12-7-6-11(3)13(8-12)20-9-14-18-15(19-21-14)16(4,5)17/h6-8,10H,9,17H2,1-5H3. The molecule has 21 heavy (non-hydrogen) atoms. The molecule has 0 fully saturated rings. The van der Waals surface area contributed by atoms with Crippen LogP contribution in [-0.2, 0) is 12.1 Å². The van der Waals surface area contributed by atoms with Gasteiger partial charge in [-0.2, -0.15) is 4.98 Å². The molecule has 1 heterocycles. The van der Waals surface area contributed by atoms with Gasteiger partial charge in [-0.05, 0) is 43.9 Å². The van der Waals surface area contributed by atoms with E-state index >= 15 is 0 Å². The quantitative estimate of drug-likeness (QED) is 0.914. The van der Waals surface area contributed by atoms with Crippen molar-refractivity contribution in [3.8, 4) is 5.75 Å². The van der Waals surface area contributed by atoms with Crippen LogP contribution >= 0.6 is 0 Å². The zero-order valence-electron chi connectivity index (χ0n) is 13.3. The highest BCUT2D eigenvalue weighted by Crippen LogP contribution is 2.25. The van der Waals surface area contributed by atoms with E-state index in [0.29, 0.717) is 17.6 Å². The molecular formula is C16H23N3O2. The Morgan fingerprint density at radius 2 is 2.05 bits per heavy atom. The summed E-state index contributed by atoms with van der Waals surface area (Å²) in [6.07, 6.45) is 0. The molecule has 0 aliphatic carbocycles. The van der Waals surface area contributed by atoms with E-state index in [9.17, 15) is 0 Å². The van der Waals surface area contributed by atoms with Crippen LogP contribution in [0.5, 0.6) is 5.75 Å². The number of benzene rings is 1. The molecule has 0 atom stereocenters. The lowest BCUT2D eigenvalue weighted by atomic mass is 10.0. The fourth-order valence-electron chi connectivity index (χ4n) is 1.85. The Kier molecular flexibility index (Phi) is 4.32. The smallest absolute Gasteiger partial charge is 0.264 e. The minimum absolute atomic E-state index is 0.242. The molecule has 0 aliphatic rings. The summed E-state index contributed by atoms with van der Waals surface area (Å²) in [5, 5.41) is 3.88. The maximum Gasteiger partial charge on any atom is 0.264 e. The number of nitrogens with two attached hydrogens (primary N) is 1. The first kappa shape index (κ1) is 15.5. The van der Waals surface area contributed by atoms with Gasteiger partial charge in [-0.1, -0.05) is 31.1 Å². The maximum atomic E-state index is 5.93. The Morgan fingerprint density at radius 1 is 1.33 bits per heavy atom. The molecule has 114 valence electrons. The highest BCUT2D eigenvalue weighted by molar-refractivity contribution is 5.37. The second-order valence-corrected chi connectivity index (χ2v) is 6.20. The van der Waals surface area contributed by atoms with Gasteiger partial charge in [-0.25, -0.2) is 0 Å². The van der Waals surface area contributed by atoms with Crippen molar-refractivity contribution in [2.75, 3.05) is 0 Å². The van der Waals surface area contributed by atoms with E-state index in [1.807, 2.05) is 20.8 Å². The van der Waals surface area contributed by atoms with E-state index in [1.54, 1.807) is 0 Å². The van der Waals surface area contributed by atoms with Crippen molar-refractivity contribution in [3.63, 3.8) is 0 Å². The van der Waals surface area contributed by atoms with Crippen LogP contribution in [-0.4, -0.2) is 10.1 Å². The second-order valence-electron chi connectivity index (χ2n) is 6.20. The number of aromatic nitrogens is 2. The average molecular weight is 289 g/mol. The van der Waals surface area contributed by atoms with E-state index in [1.165, 1.54) is 5.56 Å². The molecule has 0 bridgehead atoms. The topological polar surface area (TPSA) is 74.2 Å². The lowest BCUT2D eigenvalue weighted by Gasteiger charge is -2.12. The molecule has 0 radical (unpaired) electrons. The van der Waals surface area contributed by atoms with E-state index < -0.39 is 5.54 Å². The van der Waals surface area contributed by atoms with Crippen LogP contribution in [0.1, 0.15) is 56.5 Å². The van der Waals surface area contributed by atoms with Gasteiger partial charge in [0.05, 0.1) is 5.54 Å². The van der Waals surface area contributed by atoms with Gasteiger partial charge < -0.3 is 15.0 Å². The summed E-state index contributed by atoms with van der Waals surface area (Å²) < 4.78 is 11.0. The van der Waals surface area contributed by atoms with Gasteiger partial charge in [0.25, 0.3) is 5.89 Å². The summed E-state index contributed by atoms with van der Waals surface area (Å²) in [4.78, 5) is 4.26. The van der Waals surface area contributed by atoms with Gasteiger partial charge in [-0.3, -0.25) is 0 Å². The molecule has 5 heteroatoms. The van der Waals surface area contributed by atoms with E-state index in [-0.39, 0.29) is 6.61 Å². The third-order valence-electron chi connectivity index (χ3n) is 3.27. The van der Waals surface area contributed by atoms with E-state index in [4.69, 9.17) is 15.0 Å². The molecule has 2 rings (SSSR count). The lowest BCUT2D eigenvalue weighted by Crippen LogP contribution is -2.30. The Morgan fingerprint density at radius 3 is 2.62 bits per heavy atom. The van der Waals surface area contributed by atoms with Crippen LogP contribution in [0.15, 0.2) is 22.7 Å². The predicted molar refractivity (Wildman–Crippen MR) is 81.1 cm³/mol. The largest absolute Gasteiger partial charge is 0.483 e. The molecule has 2 N–H and O–H groups in total. The molecule has 1 aromatic carbocycles. The number of rotatable bonds is 5. The van der Waals surface area contributed by atoms with Crippen LogP contribution in [0.25, 0.3) is 0 Å². The van der Waals surface area contributed by atoms with Crippen molar-refractivity contribution in [2.24, 2.45) is 5.73 Å². The fourth-order valence-corrected chi connectivity index (χ4v) is 1.85. The van der Waals surface area contributed by atoms with Gasteiger partial charge in [0.1, 0.15) is 5.75 Å². The molecule has 0 spiro atoms. The Balaban J connectivity index is 2.09. The van der Waals surface area contributed by atoms with Crippen molar-refractivity contribution in [1.29, 1.82) is 0 Å². The summed E-state index contributed by atoms with van der Waals surface area (Å²) >= 11 is 0. The average Bonchev–Trinajstić information content (AvgIpc) is 2.86. The van der Waals surface area contributed by atoms with Gasteiger partial charge in [0.2, 0.25) is 0 Å². The van der Waals surface area contributed by atoms with Crippen molar-refractivity contribution < 1.29 is 9.26 Å². The van der Waals surface area contributed by atoms with Crippen LogP contribution in [0.4, 0.5) is 0 Å². The number of ether oxygens (including phenoxy) is 1. The van der Waals surface area contributed by atoms with E-state index in [2.05, 4.69) is 42.2 Å². The minimum Gasteiger partial charge on any atom is -0.483 e. The van der Waals surface area contributed by atoms with Crippen LogP contribution in [0, 0.1) is 6.92 Å². The molecular weight excluding hydrogens is 266 g/mol. The van der Waals surface area contributed by atoms with Crippen LogP contribution < -0.4 is 10.5 Å². The van der Waals surface area contributed by atoms with Gasteiger partial charge in [0, 0.05) is 0 Å². The zero-order valence-corrected chi connectivity index (χ0v) is 13.3. The second kappa shape index (κ2) is 5.85. The molecule has 5 nitrogen and oxygen atoms in total. The van der Waals surface area contributed by atoms with Gasteiger partial charge in [0.15, 0.2) is 12.4 Å². The molecule has 0 unspecified atom stereocenters. The van der Waals surface area contributed by atoms with Gasteiger partial charge >= 0.3 is 0 Å². The van der Waals surface area contributed by atoms with Crippen LogP contribution in [0.3, 0.4) is 0 Å². The summed E-state index contributed by atoms with van der Waals surface area (Å²) in [6, 6.07) is 6.24. The number of nitrogens with zero attached hydrogens (tertiary/aromatic N) is 2.